The van der Waals surface area contributed by atoms with Crippen LogP contribution in [0.1, 0.15) is 34.8 Å². The largest absolute Gasteiger partial charge is 0.507 e. The standard InChI is InChI=1S/C29H26BrNO4/c1-19-15-24(11-13-26(19)30)28(33)31(17-20-5-3-2-4-6-20)18-21-7-9-22(10-8-21)23-12-14-27(32)25(16-23)29(34)35/h2-14,16,19,32H,15,17-18H2,1H3,(H,34,35). The van der Waals surface area contributed by atoms with Gasteiger partial charge in [-0.15, -0.1) is 0 Å². The minimum absolute atomic E-state index is 0.0191. The highest BCUT2D eigenvalue weighted by atomic mass is 79.9. The number of carbonyl (C=O) groups excluding carboxylic acids is 1. The van der Waals surface area contributed by atoms with E-state index in [9.17, 15) is 19.8 Å². The van der Waals surface area contributed by atoms with E-state index in [1.54, 1.807) is 6.07 Å². The van der Waals surface area contributed by atoms with E-state index in [2.05, 4.69) is 22.9 Å². The Kier molecular flexibility index (Phi) is 7.51. The maximum atomic E-state index is 13.5. The summed E-state index contributed by atoms with van der Waals surface area (Å²) in [5.41, 5.74) is 4.21. The fourth-order valence-electron chi connectivity index (χ4n) is 4.11. The van der Waals surface area contributed by atoms with E-state index in [1.807, 2.05) is 71.6 Å². The van der Waals surface area contributed by atoms with Gasteiger partial charge in [0.05, 0.1) is 0 Å². The molecule has 6 heteroatoms. The van der Waals surface area contributed by atoms with Crippen molar-refractivity contribution in [1.82, 2.24) is 4.90 Å². The lowest BCUT2D eigenvalue weighted by molar-refractivity contribution is -0.128. The van der Waals surface area contributed by atoms with Gasteiger partial charge in [0, 0.05) is 18.7 Å². The first kappa shape index (κ1) is 24.5. The van der Waals surface area contributed by atoms with E-state index >= 15 is 0 Å². The molecule has 1 amide bonds. The molecule has 0 aromatic heterocycles. The molecular weight excluding hydrogens is 506 g/mol. The number of nitrogens with zero attached hydrogens (tertiary/aromatic N) is 1. The van der Waals surface area contributed by atoms with Crippen molar-refractivity contribution in [3.63, 3.8) is 0 Å². The minimum Gasteiger partial charge on any atom is -0.507 e. The molecule has 1 atom stereocenters. The SMILES string of the molecule is CC1CC(C(=O)N(Cc2ccccc2)Cc2ccc(-c3ccc(O)c(C(=O)O)c3)cc2)=CC=C1Br. The summed E-state index contributed by atoms with van der Waals surface area (Å²) in [6, 6.07) is 22.2. The zero-order chi connectivity index (χ0) is 24.9. The monoisotopic (exact) mass is 531 g/mol. The van der Waals surface area contributed by atoms with Gasteiger partial charge in [0.15, 0.2) is 0 Å². The number of aromatic carboxylic acids is 1. The van der Waals surface area contributed by atoms with Gasteiger partial charge in [-0.3, -0.25) is 4.79 Å². The number of amides is 1. The van der Waals surface area contributed by atoms with Gasteiger partial charge in [-0.1, -0.05) is 95.7 Å². The summed E-state index contributed by atoms with van der Waals surface area (Å²) < 4.78 is 1.10. The number of carboxylic acid groups (broad SMARTS) is 1. The second-order valence-electron chi connectivity index (χ2n) is 8.73. The molecule has 1 unspecified atom stereocenters. The van der Waals surface area contributed by atoms with Crippen LogP contribution < -0.4 is 0 Å². The fraction of sp³-hybridized carbons (Fsp3) is 0.172. The average Bonchev–Trinajstić information content (AvgIpc) is 2.86. The average molecular weight is 532 g/mol. The number of hydrogen-bond donors (Lipinski definition) is 2. The number of hydrogen-bond acceptors (Lipinski definition) is 3. The molecule has 1 aliphatic carbocycles. The molecule has 0 radical (unpaired) electrons. The number of halogens is 1. The molecule has 5 nitrogen and oxygen atoms in total. The first-order valence-electron chi connectivity index (χ1n) is 11.4. The number of carboxylic acids is 1. The van der Waals surface area contributed by atoms with Crippen LogP contribution in [0.25, 0.3) is 11.1 Å². The highest BCUT2D eigenvalue weighted by Gasteiger charge is 2.23. The van der Waals surface area contributed by atoms with Crippen molar-refractivity contribution in [2.24, 2.45) is 5.92 Å². The number of carbonyl (C=O) groups is 2. The molecule has 178 valence electrons. The highest BCUT2D eigenvalue weighted by Crippen LogP contribution is 2.31. The van der Waals surface area contributed by atoms with Gasteiger partial charge in [0.2, 0.25) is 5.91 Å². The van der Waals surface area contributed by atoms with Gasteiger partial charge < -0.3 is 15.1 Å². The summed E-state index contributed by atoms with van der Waals surface area (Å²) in [5.74, 6) is -1.16. The third kappa shape index (κ3) is 5.89. The Hall–Kier alpha value is -3.64. The number of aromatic hydroxyl groups is 1. The van der Waals surface area contributed by atoms with Gasteiger partial charge in [-0.05, 0) is 51.2 Å². The number of rotatable bonds is 7. The van der Waals surface area contributed by atoms with E-state index in [1.165, 1.54) is 12.1 Å². The fourth-order valence-corrected chi connectivity index (χ4v) is 4.41. The molecular formula is C29H26BrNO4. The molecule has 0 saturated carbocycles. The Morgan fingerprint density at radius 2 is 1.54 bits per heavy atom. The summed E-state index contributed by atoms with van der Waals surface area (Å²) in [4.78, 5) is 26.7. The van der Waals surface area contributed by atoms with E-state index in [0.717, 1.165) is 26.7 Å². The lowest BCUT2D eigenvalue weighted by Gasteiger charge is -2.27. The predicted octanol–water partition coefficient (Wildman–Crippen LogP) is 6.53. The Morgan fingerprint density at radius 3 is 2.17 bits per heavy atom. The normalized spacial score (nSPS) is 15.2. The molecule has 0 saturated heterocycles. The van der Waals surface area contributed by atoms with Crippen molar-refractivity contribution < 1.29 is 19.8 Å². The van der Waals surface area contributed by atoms with Crippen LogP contribution in [0.15, 0.2) is 95.0 Å². The van der Waals surface area contributed by atoms with Gasteiger partial charge in [-0.25, -0.2) is 4.79 Å². The zero-order valence-electron chi connectivity index (χ0n) is 19.3. The van der Waals surface area contributed by atoms with Crippen molar-refractivity contribution in [3.05, 3.63) is 112 Å². The molecule has 0 fully saturated rings. The first-order chi connectivity index (χ1) is 16.8. The lowest BCUT2D eigenvalue weighted by atomic mass is 9.94. The lowest BCUT2D eigenvalue weighted by Crippen LogP contribution is -2.32. The van der Waals surface area contributed by atoms with Crippen LogP contribution in [0.4, 0.5) is 0 Å². The highest BCUT2D eigenvalue weighted by molar-refractivity contribution is 9.11. The summed E-state index contributed by atoms with van der Waals surface area (Å²) >= 11 is 3.56. The van der Waals surface area contributed by atoms with E-state index < -0.39 is 5.97 Å². The van der Waals surface area contributed by atoms with Crippen LogP contribution in [0.3, 0.4) is 0 Å². The van der Waals surface area contributed by atoms with Crippen LogP contribution in [-0.2, 0) is 17.9 Å². The van der Waals surface area contributed by atoms with E-state index in [-0.39, 0.29) is 23.1 Å². The quantitative estimate of drug-likeness (QED) is 0.363. The van der Waals surface area contributed by atoms with Gasteiger partial charge in [-0.2, -0.15) is 0 Å². The van der Waals surface area contributed by atoms with Crippen molar-refractivity contribution >= 4 is 27.8 Å². The Labute approximate surface area is 213 Å². The van der Waals surface area contributed by atoms with E-state index in [0.29, 0.717) is 25.1 Å². The van der Waals surface area contributed by atoms with Crippen molar-refractivity contribution in [1.29, 1.82) is 0 Å². The van der Waals surface area contributed by atoms with E-state index in [4.69, 9.17) is 0 Å². The molecule has 1 aliphatic rings. The van der Waals surface area contributed by atoms with Crippen molar-refractivity contribution in [2.45, 2.75) is 26.4 Å². The predicted molar refractivity (Wildman–Crippen MR) is 140 cm³/mol. The molecule has 3 aromatic carbocycles. The summed E-state index contributed by atoms with van der Waals surface area (Å²) in [6.07, 6.45) is 4.55. The molecule has 3 aromatic rings. The van der Waals surface area contributed by atoms with Crippen molar-refractivity contribution in [3.8, 4) is 16.9 Å². The molecule has 0 spiro atoms. The first-order valence-corrected chi connectivity index (χ1v) is 12.2. The van der Waals surface area contributed by atoms with Gasteiger partial charge in [0.25, 0.3) is 0 Å². The van der Waals surface area contributed by atoms with Crippen LogP contribution in [-0.4, -0.2) is 27.0 Å². The topological polar surface area (TPSA) is 77.8 Å². The second-order valence-corrected chi connectivity index (χ2v) is 9.65. The van der Waals surface area contributed by atoms with Crippen LogP contribution in [0.5, 0.6) is 5.75 Å². The Morgan fingerprint density at radius 1 is 0.914 bits per heavy atom. The van der Waals surface area contributed by atoms with Crippen LogP contribution in [0.2, 0.25) is 0 Å². The minimum atomic E-state index is -1.18. The van der Waals surface area contributed by atoms with Gasteiger partial charge >= 0.3 is 5.97 Å². The van der Waals surface area contributed by atoms with Crippen LogP contribution >= 0.6 is 15.9 Å². The Balaban J connectivity index is 1.58. The third-order valence-electron chi connectivity index (χ3n) is 6.11. The number of allylic oxidation sites excluding steroid dienone is 3. The van der Waals surface area contributed by atoms with Gasteiger partial charge in [0.1, 0.15) is 11.3 Å². The smallest absolute Gasteiger partial charge is 0.339 e. The maximum absolute atomic E-state index is 13.5. The molecule has 4 rings (SSSR count). The maximum Gasteiger partial charge on any atom is 0.339 e. The second kappa shape index (κ2) is 10.7. The zero-order valence-corrected chi connectivity index (χ0v) is 20.9. The third-order valence-corrected chi connectivity index (χ3v) is 7.15. The number of phenols is 1. The molecule has 35 heavy (non-hydrogen) atoms. The molecule has 2 N–H and O–H groups in total. The molecule has 0 aliphatic heterocycles. The summed E-state index contributed by atoms with van der Waals surface area (Å²) in [6.45, 7) is 3.04. The summed E-state index contributed by atoms with van der Waals surface area (Å²) in [7, 11) is 0. The molecule has 0 bridgehead atoms. The summed E-state index contributed by atoms with van der Waals surface area (Å²) in [5, 5.41) is 19.1. The van der Waals surface area contributed by atoms with Crippen LogP contribution in [0, 0.1) is 5.92 Å². The van der Waals surface area contributed by atoms with Crippen molar-refractivity contribution in [2.75, 3.05) is 0 Å². The Bertz CT molecular complexity index is 1300. The molecule has 0 heterocycles. The number of benzene rings is 3.